The minimum absolute atomic E-state index is 0. The van der Waals surface area contributed by atoms with Gasteiger partial charge in [-0.1, -0.05) is 44.2 Å². The van der Waals surface area contributed by atoms with E-state index in [9.17, 15) is 5.11 Å². The fraction of sp³-hybridized carbons (Fsp3) is 0.412. The molecule has 0 saturated carbocycles. The van der Waals surface area contributed by atoms with E-state index >= 15 is 0 Å². The zero-order valence-corrected chi connectivity index (χ0v) is 14.0. The molecule has 0 amide bonds. The lowest BCUT2D eigenvalue weighted by atomic mass is 9.79. The number of hydrogen-bond donors (Lipinski definition) is 1. The van der Waals surface area contributed by atoms with E-state index in [-0.39, 0.29) is 29.0 Å². The monoisotopic (exact) mass is 335 g/mol. The van der Waals surface area contributed by atoms with Crippen LogP contribution in [0.5, 0.6) is 0 Å². The second-order valence-electron chi connectivity index (χ2n) is 6.00. The largest absolute Gasteiger partial charge is 0.395 e. The quantitative estimate of drug-likeness (QED) is 0.899. The number of rotatable bonds is 2. The van der Waals surface area contributed by atoms with E-state index in [1.807, 2.05) is 0 Å². The van der Waals surface area contributed by atoms with Crippen LogP contribution in [0.1, 0.15) is 26.3 Å². The first-order chi connectivity index (χ1) is 9.07. The van der Waals surface area contributed by atoms with Crippen molar-refractivity contribution in [3.05, 3.63) is 42.0 Å². The van der Waals surface area contributed by atoms with Crippen LogP contribution in [0.25, 0.3) is 10.8 Å². The molecule has 1 atom stereocenters. The van der Waals surface area contributed by atoms with E-state index in [0.717, 1.165) is 0 Å². The van der Waals surface area contributed by atoms with Crippen molar-refractivity contribution in [2.45, 2.75) is 32.2 Å². The van der Waals surface area contributed by atoms with Gasteiger partial charge >= 0.3 is 0 Å². The average molecular weight is 336 g/mol. The molecule has 1 N–H and O–H groups in total. The molecule has 0 aromatic heterocycles. The van der Waals surface area contributed by atoms with Crippen molar-refractivity contribution in [1.29, 1.82) is 0 Å². The van der Waals surface area contributed by atoms with Gasteiger partial charge in [0.1, 0.15) is 0 Å². The third-order valence-corrected chi connectivity index (χ3v) is 4.71. The summed E-state index contributed by atoms with van der Waals surface area (Å²) < 4.78 is 0. The lowest BCUT2D eigenvalue weighted by Crippen LogP contribution is -2.40. The first kappa shape index (κ1) is 15.3. The standard InChI is InChI=1S/C17H21NO.BrH/c1-12-17(2,3)16-14-7-5-4-6-13(14)8-9-15(16)18(12)10-11-19;/h4-9,12,19H,10-11H2,1-3H3;1H. The third kappa shape index (κ3) is 2.04. The molecule has 0 fully saturated rings. The Morgan fingerprint density at radius 2 is 1.85 bits per heavy atom. The van der Waals surface area contributed by atoms with Gasteiger partial charge in [-0.25, -0.2) is 0 Å². The number of anilines is 1. The van der Waals surface area contributed by atoms with Gasteiger partial charge in [0, 0.05) is 23.7 Å². The summed E-state index contributed by atoms with van der Waals surface area (Å²) in [5.41, 5.74) is 2.81. The van der Waals surface area contributed by atoms with Gasteiger partial charge in [0.15, 0.2) is 0 Å². The molecule has 3 rings (SSSR count). The predicted molar refractivity (Wildman–Crippen MR) is 91.2 cm³/mol. The molecule has 108 valence electrons. The lowest BCUT2D eigenvalue weighted by molar-refractivity contribution is 0.293. The fourth-order valence-electron chi connectivity index (χ4n) is 3.41. The highest BCUT2D eigenvalue weighted by molar-refractivity contribution is 8.93. The summed E-state index contributed by atoms with van der Waals surface area (Å²) in [6, 6.07) is 13.4. The van der Waals surface area contributed by atoms with Crippen LogP contribution in [-0.2, 0) is 5.41 Å². The minimum atomic E-state index is 0. The first-order valence-corrected chi connectivity index (χ1v) is 6.97. The Morgan fingerprint density at radius 1 is 1.15 bits per heavy atom. The van der Waals surface area contributed by atoms with Crippen molar-refractivity contribution in [2.24, 2.45) is 0 Å². The van der Waals surface area contributed by atoms with Crippen molar-refractivity contribution >= 4 is 33.4 Å². The molecule has 0 aliphatic carbocycles. The maximum absolute atomic E-state index is 9.31. The van der Waals surface area contributed by atoms with Crippen LogP contribution in [0.15, 0.2) is 36.4 Å². The zero-order valence-electron chi connectivity index (χ0n) is 12.3. The number of hydrogen-bond acceptors (Lipinski definition) is 2. The molecule has 0 spiro atoms. The molecular formula is C17H22BrNO. The van der Waals surface area contributed by atoms with Gasteiger partial charge in [-0.15, -0.1) is 17.0 Å². The van der Waals surface area contributed by atoms with Crippen molar-refractivity contribution in [3.63, 3.8) is 0 Å². The van der Waals surface area contributed by atoms with Crippen molar-refractivity contribution in [3.8, 4) is 0 Å². The fourth-order valence-corrected chi connectivity index (χ4v) is 3.41. The molecule has 2 aromatic carbocycles. The second kappa shape index (κ2) is 5.38. The van der Waals surface area contributed by atoms with Crippen LogP contribution in [0.4, 0.5) is 5.69 Å². The van der Waals surface area contributed by atoms with Gasteiger partial charge in [0.2, 0.25) is 0 Å². The smallest absolute Gasteiger partial charge is 0.0606 e. The van der Waals surface area contributed by atoms with Gasteiger partial charge in [-0.3, -0.25) is 0 Å². The summed E-state index contributed by atoms with van der Waals surface area (Å²) in [5.74, 6) is 0. The number of β-amino-alcohol motifs (C(OH)–C–C–N with tert-alkyl or cyclic N) is 1. The molecule has 20 heavy (non-hydrogen) atoms. The van der Waals surface area contributed by atoms with E-state index < -0.39 is 0 Å². The number of fused-ring (bicyclic) bond motifs is 3. The van der Waals surface area contributed by atoms with Crippen LogP contribution in [0.2, 0.25) is 0 Å². The van der Waals surface area contributed by atoms with Crippen molar-refractivity contribution < 1.29 is 5.11 Å². The Hall–Kier alpha value is -1.06. The summed E-state index contributed by atoms with van der Waals surface area (Å²) in [6.45, 7) is 7.77. The highest BCUT2D eigenvalue weighted by Crippen LogP contribution is 2.48. The molecule has 1 unspecified atom stereocenters. The lowest BCUT2D eigenvalue weighted by Gasteiger charge is -2.31. The van der Waals surface area contributed by atoms with Crippen LogP contribution in [0.3, 0.4) is 0 Å². The van der Waals surface area contributed by atoms with E-state index in [2.05, 4.69) is 62.1 Å². The van der Waals surface area contributed by atoms with E-state index in [0.29, 0.717) is 12.6 Å². The van der Waals surface area contributed by atoms with Crippen molar-refractivity contribution in [1.82, 2.24) is 0 Å². The molecule has 0 bridgehead atoms. The van der Waals surface area contributed by atoms with Crippen LogP contribution in [-0.4, -0.2) is 24.3 Å². The average Bonchev–Trinajstić information content (AvgIpc) is 2.60. The Kier molecular flexibility index (Phi) is 4.12. The van der Waals surface area contributed by atoms with Gasteiger partial charge in [0.25, 0.3) is 0 Å². The summed E-state index contributed by atoms with van der Waals surface area (Å²) >= 11 is 0. The summed E-state index contributed by atoms with van der Waals surface area (Å²) in [4.78, 5) is 2.34. The molecule has 1 aliphatic heterocycles. The number of aliphatic hydroxyl groups excluding tert-OH is 1. The van der Waals surface area contributed by atoms with E-state index in [4.69, 9.17) is 0 Å². The topological polar surface area (TPSA) is 23.5 Å². The molecule has 2 nitrogen and oxygen atoms in total. The molecule has 1 heterocycles. The minimum Gasteiger partial charge on any atom is -0.395 e. The van der Waals surface area contributed by atoms with Crippen LogP contribution < -0.4 is 4.90 Å². The third-order valence-electron chi connectivity index (χ3n) is 4.71. The van der Waals surface area contributed by atoms with E-state index in [1.54, 1.807) is 0 Å². The molecule has 2 aromatic rings. The molecule has 0 saturated heterocycles. The Bertz CT molecular complexity index is 623. The summed E-state index contributed by atoms with van der Waals surface area (Å²) in [6.07, 6.45) is 0. The number of nitrogens with zero attached hydrogens (tertiary/aromatic N) is 1. The van der Waals surface area contributed by atoms with Crippen molar-refractivity contribution in [2.75, 3.05) is 18.1 Å². The summed E-state index contributed by atoms with van der Waals surface area (Å²) in [7, 11) is 0. The van der Waals surface area contributed by atoms with Gasteiger partial charge in [-0.2, -0.15) is 0 Å². The predicted octanol–water partition coefficient (Wildman–Crippen LogP) is 3.90. The molecular weight excluding hydrogens is 314 g/mol. The number of aliphatic hydroxyl groups is 1. The Morgan fingerprint density at radius 3 is 2.55 bits per heavy atom. The normalized spacial score (nSPS) is 19.8. The maximum Gasteiger partial charge on any atom is 0.0606 e. The van der Waals surface area contributed by atoms with Gasteiger partial charge in [-0.05, 0) is 29.3 Å². The number of halogens is 1. The van der Waals surface area contributed by atoms with Crippen LogP contribution in [0, 0.1) is 0 Å². The summed E-state index contributed by atoms with van der Waals surface area (Å²) in [5, 5.41) is 12.0. The Labute approximate surface area is 131 Å². The Balaban J connectivity index is 0.00000147. The highest BCUT2D eigenvalue weighted by atomic mass is 79.9. The van der Waals surface area contributed by atoms with Crippen LogP contribution >= 0.6 is 17.0 Å². The highest BCUT2D eigenvalue weighted by Gasteiger charge is 2.42. The molecule has 3 heteroatoms. The molecule has 0 radical (unpaired) electrons. The van der Waals surface area contributed by atoms with E-state index in [1.165, 1.54) is 22.0 Å². The second-order valence-corrected chi connectivity index (χ2v) is 6.00. The first-order valence-electron chi connectivity index (χ1n) is 6.97. The van der Waals surface area contributed by atoms with Gasteiger partial charge in [0.05, 0.1) is 6.61 Å². The maximum atomic E-state index is 9.31. The SMILES string of the molecule is Br.CC1N(CCO)c2ccc3ccccc3c2C1(C)C. The zero-order chi connectivity index (χ0) is 13.6. The number of benzene rings is 2. The molecule has 1 aliphatic rings. The van der Waals surface area contributed by atoms with Gasteiger partial charge < -0.3 is 10.0 Å².